The maximum atomic E-state index is 13.6. The van der Waals surface area contributed by atoms with Gasteiger partial charge >= 0.3 is 12.3 Å². The topological polar surface area (TPSA) is 168 Å². The molecule has 4 heterocycles. The van der Waals surface area contributed by atoms with Gasteiger partial charge in [0.1, 0.15) is 11.4 Å². The fraction of sp³-hybridized carbons (Fsp3) is 0.333. The third-order valence-corrected chi connectivity index (χ3v) is 6.28. The third-order valence-electron chi connectivity index (χ3n) is 6.28. The molecule has 0 aromatic carbocycles. The molecule has 0 atom stereocenters. The van der Waals surface area contributed by atoms with Crippen molar-refractivity contribution < 1.29 is 32.6 Å². The zero-order valence-corrected chi connectivity index (χ0v) is 20.9. The molecular weight excluding hydrogens is 521 g/mol. The van der Waals surface area contributed by atoms with Crippen LogP contribution in [0.4, 0.5) is 35.3 Å². The van der Waals surface area contributed by atoms with E-state index in [2.05, 4.69) is 30.6 Å². The molecule has 1 aliphatic heterocycles. The number of nitrogens with one attached hydrogen (secondary N) is 2. The van der Waals surface area contributed by atoms with Gasteiger partial charge in [-0.1, -0.05) is 0 Å². The predicted octanol–water partition coefficient (Wildman–Crippen LogP) is 3.42. The Morgan fingerprint density at radius 1 is 1.15 bits per heavy atom. The molecule has 1 fully saturated rings. The first-order valence-electron chi connectivity index (χ1n) is 11.7. The normalized spacial score (nSPS) is 14.9. The summed E-state index contributed by atoms with van der Waals surface area (Å²) in [5.74, 6) is -1.07. The van der Waals surface area contributed by atoms with Gasteiger partial charge in [-0.05, 0) is 38.0 Å². The number of piperidine rings is 1. The van der Waals surface area contributed by atoms with E-state index in [9.17, 15) is 22.8 Å². The van der Waals surface area contributed by atoms with E-state index in [1.54, 1.807) is 12.1 Å². The maximum absolute atomic E-state index is 13.6. The van der Waals surface area contributed by atoms with Crippen molar-refractivity contribution in [2.75, 3.05) is 36.1 Å². The van der Waals surface area contributed by atoms with Crippen molar-refractivity contribution in [1.29, 1.82) is 0 Å². The molecule has 3 aromatic heterocycles. The van der Waals surface area contributed by atoms with Gasteiger partial charge in [0.15, 0.2) is 17.3 Å². The third kappa shape index (κ3) is 6.08. The lowest BCUT2D eigenvalue weighted by atomic mass is 9.89. The highest BCUT2D eigenvalue weighted by Gasteiger charge is 2.36. The zero-order valence-electron chi connectivity index (χ0n) is 20.9. The Morgan fingerprint density at radius 2 is 1.87 bits per heavy atom. The molecule has 4 rings (SSSR count). The van der Waals surface area contributed by atoms with Crippen molar-refractivity contribution in [3.05, 3.63) is 47.9 Å². The number of nitrogens with two attached hydrogens (primary N) is 1. The number of anilines is 3. The number of hydrogen-bond acceptors (Lipinski definition) is 9. The molecule has 1 saturated heterocycles. The van der Waals surface area contributed by atoms with E-state index in [-0.39, 0.29) is 23.2 Å². The van der Waals surface area contributed by atoms with Gasteiger partial charge in [-0.25, -0.2) is 24.7 Å². The smallest absolute Gasteiger partial charge is 0.418 e. The summed E-state index contributed by atoms with van der Waals surface area (Å²) < 4.78 is 45.9. The molecule has 0 radical (unpaired) electrons. The second kappa shape index (κ2) is 10.6. The number of halogens is 3. The number of amides is 2. The molecule has 15 heteroatoms. The number of hydrogen-bond donors (Lipinski definition) is 4. The molecule has 3 aromatic rings. The highest BCUT2D eigenvalue weighted by atomic mass is 19.4. The summed E-state index contributed by atoms with van der Waals surface area (Å²) in [4.78, 5) is 42.3. The number of carboxylic acid groups (broad SMARTS) is 1. The largest absolute Gasteiger partial charge is 0.481 e. The molecule has 2 amide bonds. The lowest BCUT2D eigenvalue weighted by Gasteiger charge is -2.40. The van der Waals surface area contributed by atoms with E-state index >= 15 is 0 Å². The summed E-state index contributed by atoms with van der Waals surface area (Å²) in [6.45, 7) is 2.77. The van der Waals surface area contributed by atoms with Gasteiger partial charge in [0, 0.05) is 30.9 Å². The first-order chi connectivity index (χ1) is 18.4. The highest BCUT2D eigenvalue weighted by molar-refractivity contribution is 6.06. The first kappa shape index (κ1) is 27.3. The molecule has 0 saturated carbocycles. The first-order valence-corrected chi connectivity index (χ1v) is 11.7. The zero-order chi connectivity index (χ0) is 28.4. The van der Waals surface area contributed by atoms with Crippen molar-refractivity contribution in [2.45, 2.75) is 31.5 Å². The van der Waals surface area contributed by atoms with E-state index in [1.807, 2.05) is 11.8 Å². The molecule has 12 nitrogen and oxygen atoms in total. The van der Waals surface area contributed by atoms with Gasteiger partial charge in [-0.3, -0.25) is 4.79 Å². The second-order valence-corrected chi connectivity index (χ2v) is 9.04. The molecule has 0 spiro atoms. The number of aromatic nitrogens is 4. The summed E-state index contributed by atoms with van der Waals surface area (Å²) >= 11 is 0. The van der Waals surface area contributed by atoms with E-state index in [0.717, 1.165) is 18.3 Å². The number of pyridine rings is 2. The van der Waals surface area contributed by atoms with E-state index in [1.165, 1.54) is 13.3 Å². The monoisotopic (exact) mass is 546 g/mol. The van der Waals surface area contributed by atoms with Crippen LogP contribution in [0, 0.1) is 0 Å². The summed E-state index contributed by atoms with van der Waals surface area (Å²) in [5, 5.41) is 14.2. The minimum Gasteiger partial charge on any atom is -0.481 e. The van der Waals surface area contributed by atoms with Crippen LogP contribution in [0.15, 0.2) is 36.7 Å². The molecule has 0 unspecified atom stereocenters. The summed E-state index contributed by atoms with van der Waals surface area (Å²) in [6, 6.07) is 5.27. The summed E-state index contributed by atoms with van der Waals surface area (Å²) in [7, 11) is 1.25. The molecule has 5 N–H and O–H groups in total. The van der Waals surface area contributed by atoms with E-state index in [0.29, 0.717) is 31.6 Å². The van der Waals surface area contributed by atoms with Crippen molar-refractivity contribution in [3.63, 3.8) is 0 Å². The Balaban J connectivity index is 1.61. The Labute approximate surface area is 220 Å². The molecule has 0 aliphatic carbocycles. The van der Waals surface area contributed by atoms with Crippen LogP contribution in [0.3, 0.4) is 0 Å². The van der Waals surface area contributed by atoms with Crippen LogP contribution in [0.25, 0.3) is 11.4 Å². The van der Waals surface area contributed by atoms with E-state index < -0.39 is 40.7 Å². The number of methoxy groups -OCH3 is 1. The Kier molecular flexibility index (Phi) is 7.42. The Hall–Kier alpha value is -4.69. The minimum atomic E-state index is -4.76. The van der Waals surface area contributed by atoms with Gasteiger partial charge in [0.05, 0.1) is 24.6 Å². The number of rotatable bonds is 6. The number of ether oxygens (including phenoxy) is 1. The predicted molar refractivity (Wildman–Crippen MR) is 134 cm³/mol. The van der Waals surface area contributed by atoms with Crippen molar-refractivity contribution >= 4 is 29.3 Å². The molecule has 39 heavy (non-hydrogen) atoms. The van der Waals surface area contributed by atoms with Crippen LogP contribution in [-0.4, -0.2) is 62.8 Å². The van der Waals surface area contributed by atoms with Crippen LogP contribution in [0.5, 0.6) is 5.88 Å². The van der Waals surface area contributed by atoms with Crippen LogP contribution in [0.1, 0.15) is 35.8 Å². The summed E-state index contributed by atoms with van der Waals surface area (Å²) in [5.41, 5.74) is 3.43. The van der Waals surface area contributed by atoms with Crippen LogP contribution in [-0.2, 0) is 6.18 Å². The maximum Gasteiger partial charge on any atom is 0.418 e. The van der Waals surface area contributed by atoms with Crippen molar-refractivity contribution in [3.8, 4) is 17.3 Å². The Morgan fingerprint density at radius 3 is 2.51 bits per heavy atom. The molecule has 1 aliphatic rings. The minimum absolute atomic E-state index is 0.0862. The number of alkyl halides is 3. The average Bonchev–Trinajstić information content (AvgIpc) is 2.88. The molecule has 206 valence electrons. The van der Waals surface area contributed by atoms with Gasteiger partial charge in [-0.15, -0.1) is 0 Å². The van der Waals surface area contributed by atoms with Crippen molar-refractivity contribution in [2.24, 2.45) is 0 Å². The lowest BCUT2D eigenvalue weighted by Crippen LogP contribution is -2.53. The number of nitrogens with zero attached hydrogens (tertiary/aromatic N) is 5. The van der Waals surface area contributed by atoms with E-state index in [4.69, 9.17) is 15.6 Å². The van der Waals surface area contributed by atoms with Crippen LogP contribution < -0.4 is 26.0 Å². The Bertz CT molecular complexity index is 1390. The highest BCUT2D eigenvalue weighted by Crippen LogP contribution is 2.37. The number of nitrogen functional groups attached to an aromatic ring is 1. The molecule has 0 bridgehead atoms. The molecular formula is C24H25F3N8O4. The SMILES string of the molecule is COc1ccc(C(F)(F)F)c(-c2cnc(N)c(C(=O)Nc3ncccc3N3CCC(C)(NC(=O)O)CC3)n2)n1. The quantitative estimate of drug-likeness (QED) is 0.359. The average molecular weight is 547 g/mol. The van der Waals surface area contributed by atoms with Crippen molar-refractivity contribution in [1.82, 2.24) is 25.3 Å². The van der Waals surface area contributed by atoms with Gasteiger partial charge in [-0.2, -0.15) is 13.2 Å². The fourth-order valence-corrected chi connectivity index (χ4v) is 4.20. The van der Waals surface area contributed by atoms with Gasteiger partial charge in [0.25, 0.3) is 5.91 Å². The second-order valence-electron chi connectivity index (χ2n) is 9.04. The van der Waals surface area contributed by atoms with Crippen LogP contribution >= 0.6 is 0 Å². The number of carbonyl (C=O) groups is 2. The van der Waals surface area contributed by atoms with Gasteiger partial charge in [0.2, 0.25) is 5.88 Å². The number of carbonyl (C=O) groups excluding carboxylic acids is 1. The van der Waals surface area contributed by atoms with Gasteiger partial charge < -0.3 is 31.1 Å². The fourth-order valence-electron chi connectivity index (χ4n) is 4.20. The standard InChI is InChI=1S/C24H25F3N8O4/c1-23(34-22(37)38)7-10-35(11-8-23)15-4-3-9-29-20(15)33-21(36)18-19(28)30-12-14(31-18)17-13(24(25,26)27)5-6-16(32-17)39-2/h3-6,9,12,34H,7-8,10-11H2,1-2H3,(H2,28,30)(H,37,38)(H,29,33,36). The lowest BCUT2D eigenvalue weighted by molar-refractivity contribution is -0.137. The van der Waals surface area contributed by atoms with Crippen LogP contribution in [0.2, 0.25) is 0 Å². The summed E-state index contributed by atoms with van der Waals surface area (Å²) in [6.07, 6.45) is -2.39.